The fourth-order valence-electron chi connectivity index (χ4n) is 2.60. The molecule has 0 heterocycles. The molecule has 1 amide bonds. The minimum Gasteiger partial charge on any atom is -0.395 e. The van der Waals surface area contributed by atoms with Gasteiger partial charge in [-0.3, -0.25) is 9.52 Å². The van der Waals surface area contributed by atoms with Crippen molar-refractivity contribution in [2.45, 2.75) is 31.6 Å². The van der Waals surface area contributed by atoms with Gasteiger partial charge in [0.05, 0.1) is 11.5 Å². The van der Waals surface area contributed by atoms with E-state index in [-0.39, 0.29) is 29.5 Å². The molecule has 146 valence electrons. The fraction of sp³-hybridized carbons (Fsp3) is 0.350. The summed E-state index contributed by atoms with van der Waals surface area (Å²) in [6.07, 6.45) is 1.74. The van der Waals surface area contributed by atoms with E-state index in [0.29, 0.717) is 12.2 Å². The van der Waals surface area contributed by atoms with Gasteiger partial charge in [-0.2, -0.15) is 0 Å². The number of amides is 1. The van der Waals surface area contributed by atoms with Gasteiger partial charge in [-0.1, -0.05) is 37.1 Å². The lowest BCUT2D eigenvalue weighted by Gasteiger charge is -2.22. The fourth-order valence-corrected chi connectivity index (χ4v) is 3.70. The molecule has 0 saturated carbocycles. The molecule has 0 aliphatic rings. The molecule has 2 aromatic carbocycles. The smallest absolute Gasteiger partial charge is 0.261 e. The van der Waals surface area contributed by atoms with Crippen LogP contribution in [0.4, 0.5) is 5.69 Å². The lowest BCUT2D eigenvalue weighted by Crippen LogP contribution is -2.34. The van der Waals surface area contributed by atoms with Gasteiger partial charge in [-0.15, -0.1) is 0 Å². The number of nitrogens with one attached hydrogen (secondary N) is 1. The van der Waals surface area contributed by atoms with Crippen LogP contribution in [0.1, 0.15) is 35.7 Å². The first-order chi connectivity index (χ1) is 12.9. The monoisotopic (exact) mass is 390 g/mol. The van der Waals surface area contributed by atoms with E-state index in [2.05, 4.69) is 4.72 Å². The Morgan fingerprint density at radius 2 is 1.81 bits per heavy atom. The van der Waals surface area contributed by atoms with Gasteiger partial charge >= 0.3 is 0 Å². The van der Waals surface area contributed by atoms with Crippen LogP contribution in [0.3, 0.4) is 0 Å². The Bertz CT molecular complexity index is 864. The van der Waals surface area contributed by atoms with Crippen LogP contribution in [0, 0.1) is 6.92 Å². The van der Waals surface area contributed by atoms with Gasteiger partial charge < -0.3 is 10.0 Å². The van der Waals surface area contributed by atoms with Crippen molar-refractivity contribution in [3.63, 3.8) is 0 Å². The molecule has 0 saturated heterocycles. The van der Waals surface area contributed by atoms with E-state index in [1.807, 2.05) is 26.0 Å². The number of sulfonamides is 1. The Morgan fingerprint density at radius 3 is 2.44 bits per heavy atom. The molecule has 0 aliphatic carbocycles. The number of rotatable bonds is 9. The molecule has 0 fully saturated rings. The Hall–Kier alpha value is -2.38. The van der Waals surface area contributed by atoms with Crippen LogP contribution in [0.2, 0.25) is 0 Å². The van der Waals surface area contributed by atoms with Crippen LogP contribution in [0.15, 0.2) is 53.4 Å². The van der Waals surface area contributed by atoms with E-state index in [4.69, 9.17) is 0 Å². The first-order valence-corrected chi connectivity index (χ1v) is 10.5. The average Bonchev–Trinajstić information content (AvgIpc) is 2.66. The van der Waals surface area contributed by atoms with Crippen molar-refractivity contribution in [3.05, 3.63) is 59.7 Å². The lowest BCUT2D eigenvalue weighted by atomic mass is 10.2. The molecule has 7 heteroatoms. The summed E-state index contributed by atoms with van der Waals surface area (Å²) in [4.78, 5) is 14.3. The first kappa shape index (κ1) is 20.9. The van der Waals surface area contributed by atoms with Crippen molar-refractivity contribution in [2.75, 3.05) is 24.4 Å². The average molecular weight is 391 g/mol. The quantitative estimate of drug-likeness (QED) is 0.689. The summed E-state index contributed by atoms with van der Waals surface area (Å²) < 4.78 is 27.8. The summed E-state index contributed by atoms with van der Waals surface area (Å²) in [5, 5.41) is 9.20. The highest BCUT2D eigenvalue weighted by molar-refractivity contribution is 7.92. The van der Waals surface area contributed by atoms with E-state index in [0.717, 1.165) is 18.4 Å². The van der Waals surface area contributed by atoms with Gasteiger partial charge in [-0.05, 0) is 43.7 Å². The second kappa shape index (κ2) is 9.53. The Kier molecular flexibility index (Phi) is 7.38. The van der Waals surface area contributed by atoms with Gasteiger partial charge in [0.15, 0.2) is 0 Å². The Balaban J connectivity index is 2.24. The first-order valence-electron chi connectivity index (χ1n) is 8.97. The zero-order valence-corrected chi connectivity index (χ0v) is 16.5. The third-order valence-corrected chi connectivity index (χ3v) is 5.51. The van der Waals surface area contributed by atoms with Crippen LogP contribution < -0.4 is 4.72 Å². The van der Waals surface area contributed by atoms with Crippen molar-refractivity contribution in [3.8, 4) is 0 Å². The van der Waals surface area contributed by atoms with Crippen LogP contribution in [-0.4, -0.2) is 44.0 Å². The number of unbranched alkanes of at least 4 members (excludes halogenated alkanes) is 1. The van der Waals surface area contributed by atoms with E-state index in [1.54, 1.807) is 29.2 Å². The number of carbonyl (C=O) groups is 1. The molecule has 0 atom stereocenters. The second-order valence-corrected chi connectivity index (χ2v) is 8.05. The highest BCUT2D eigenvalue weighted by atomic mass is 32.2. The van der Waals surface area contributed by atoms with E-state index >= 15 is 0 Å². The molecule has 0 spiro atoms. The predicted molar refractivity (Wildman–Crippen MR) is 106 cm³/mol. The number of hydrogen-bond acceptors (Lipinski definition) is 4. The zero-order valence-electron chi connectivity index (χ0n) is 15.7. The van der Waals surface area contributed by atoms with Crippen molar-refractivity contribution >= 4 is 21.6 Å². The van der Waals surface area contributed by atoms with Crippen LogP contribution >= 0.6 is 0 Å². The molecule has 0 aliphatic heterocycles. The number of benzene rings is 2. The molecule has 0 aromatic heterocycles. The van der Waals surface area contributed by atoms with Crippen molar-refractivity contribution in [2.24, 2.45) is 0 Å². The molecular formula is C20H26N2O4S. The number of carbonyl (C=O) groups excluding carboxylic acids is 1. The van der Waals surface area contributed by atoms with Crippen LogP contribution in [0.25, 0.3) is 0 Å². The molecule has 0 bridgehead atoms. The highest BCUT2D eigenvalue weighted by Gasteiger charge is 2.19. The molecule has 0 radical (unpaired) electrons. The third kappa shape index (κ3) is 5.80. The van der Waals surface area contributed by atoms with E-state index in [1.165, 1.54) is 12.1 Å². The normalized spacial score (nSPS) is 11.2. The molecule has 2 aromatic rings. The van der Waals surface area contributed by atoms with Crippen molar-refractivity contribution in [1.29, 1.82) is 0 Å². The highest BCUT2D eigenvalue weighted by Crippen LogP contribution is 2.18. The van der Waals surface area contributed by atoms with Gasteiger partial charge in [-0.25, -0.2) is 8.42 Å². The number of aliphatic hydroxyl groups excluding tert-OH is 1. The van der Waals surface area contributed by atoms with Gasteiger partial charge in [0, 0.05) is 24.3 Å². The van der Waals surface area contributed by atoms with Crippen molar-refractivity contribution in [1.82, 2.24) is 4.90 Å². The minimum absolute atomic E-state index is 0.0216. The van der Waals surface area contributed by atoms with Crippen LogP contribution in [-0.2, 0) is 10.0 Å². The number of aliphatic hydroxyl groups is 1. The molecule has 2 rings (SSSR count). The van der Waals surface area contributed by atoms with Crippen LogP contribution in [0.5, 0.6) is 0 Å². The third-order valence-electron chi connectivity index (χ3n) is 4.13. The number of hydrogen-bond donors (Lipinski definition) is 2. The number of anilines is 1. The molecule has 0 unspecified atom stereocenters. The Labute approximate surface area is 160 Å². The summed E-state index contributed by atoms with van der Waals surface area (Å²) in [6, 6.07) is 13.0. The molecule has 6 nitrogen and oxygen atoms in total. The van der Waals surface area contributed by atoms with Gasteiger partial charge in [0.25, 0.3) is 15.9 Å². The van der Waals surface area contributed by atoms with E-state index in [9.17, 15) is 18.3 Å². The standard InChI is InChI=1S/C20H26N2O4S/c1-3-4-12-22(13-14-23)20(24)17-6-5-7-19(15-17)27(25,26)21-18-10-8-16(2)9-11-18/h5-11,15,21,23H,3-4,12-14H2,1-2H3. The Morgan fingerprint density at radius 1 is 1.11 bits per heavy atom. The molecule has 2 N–H and O–H groups in total. The lowest BCUT2D eigenvalue weighted by molar-refractivity contribution is 0.0719. The molecule has 27 heavy (non-hydrogen) atoms. The largest absolute Gasteiger partial charge is 0.395 e. The topological polar surface area (TPSA) is 86.7 Å². The maximum Gasteiger partial charge on any atom is 0.261 e. The predicted octanol–water partition coefficient (Wildman–Crippen LogP) is 3.03. The van der Waals surface area contributed by atoms with Gasteiger partial charge in [0.2, 0.25) is 0 Å². The van der Waals surface area contributed by atoms with Crippen molar-refractivity contribution < 1.29 is 18.3 Å². The summed E-state index contributed by atoms with van der Waals surface area (Å²) in [5.74, 6) is -0.287. The second-order valence-electron chi connectivity index (χ2n) is 6.37. The summed E-state index contributed by atoms with van der Waals surface area (Å²) in [7, 11) is -3.81. The summed E-state index contributed by atoms with van der Waals surface area (Å²) in [6.45, 7) is 4.55. The molecular weight excluding hydrogens is 364 g/mol. The summed E-state index contributed by atoms with van der Waals surface area (Å²) in [5.41, 5.74) is 1.77. The summed E-state index contributed by atoms with van der Waals surface area (Å²) >= 11 is 0. The number of nitrogens with zero attached hydrogens (tertiary/aromatic N) is 1. The van der Waals surface area contributed by atoms with Gasteiger partial charge in [0.1, 0.15) is 0 Å². The van der Waals surface area contributed by atoms with E-state index < -0.39 is 10.0 Å². The zero-order chi connectivity index (χ0) is 19.9. The minimum atomic E-state index is -3.81. The SMILES string of the molecule is CCCCN(CCO)C(=O)c1cccc(S(=O)(=O)Nc2ccc(C)cc2)c1. The maximum absolute atomic E-state index is 12.7. The maximum atomic E-state index is 12.7. The number of aryl methyl sites for hydroxylation is 1.